The van der Waals surface area contributed by atoms with Gasteiger partial charge in [0.1, 0.15) is 11.5 Å². The maximum atomic E-state index is 14.8. The van der Waals surface area contributed by atoms with Crippen molar-refractivity contribution >= 4 is 52.2 Å². The Morgan fingerprint density at radius 1 is 1.14 bits per heavy atom. The molecule has 1 aromatic heterocycles. The summed E-state index contributed by atoms with van der Waals surface area (Å²) in [4.78, 5) is 58.7. The Bertz CT molecular complexity index is 1470. The largest absolute Gasteiger partial charge is 0.481 e. The van der Waals surface area contributed by atoms with Crippen LogP contribution in [0, 0.1) is 17.2 Å². The molecule has 9 nitrogen and oxygen atoms in total. The van der Waals surface area contributed by atoms with Crippen molar-refractivity contribution in [2.75, 3.05) is 5.75 Å². The summed E-state index contributed by atoms with van der Waals surface area (Å²) in [6.45, 7) is 4.56. The Hall–Kier alpha value is -2.78. The number of rotatable bonds is 10. The van der Waals surface area contributed by atoms with Crippen LogP contribution in [0.2, 0.25) is 5.02 Å². The number of nitrogens with zero attached hydrogens (tertiary/aromatic N) is 2. The van der Waals surface area contributed by atoms with Gasteiger partial charge in [0.05, 0.1) is 21.9 Å². The molecule has 0 aliphatic heterocycles. The van der Waals surface area contributed by atoms with E-state index in [1.54, 1.807) is 6.92 Å². The second-order valence-corrected chi connectivity index (χ2v) is 12.5. The van der Waals surface area contributed by atoms with E-state index >= 15 is 0 Å². The molecule has 1 fully saturated rings. The van der Waals surface area contributed by atoms with E-state index in [9.17, 15) is 41.8 Å². The van der Waals surface area contributed by atoms with Gasteiger partial charge >= 0.3 is 17.8 Å². The van der Waals surface area contributed by atoms with Gasteiger partial charge in [0, 0.05) is 30.7 Å². The number of hydrogen-bond donors (Lipinski definition) is 2. The van der Waals surface area contributed by atoms with Gasteiger partial charge in [-0.25, -0.2) is 13.8 Å². The molecule has 1 heterocycles. The highest BCUT2D eigenvalue weighted by Gasteiger charge is 2.52. The number of carboxylic acid groups (broad SMARTS) is 2. The second-order valence-electron chi connectivity index (χ2n) is 9.71. The minimum absolute atomic E-state index is 0.120. The van der Waals surface area contributed by atoms with Crippen molar-refractivity contribution < 1.29 is 42.2 Å². The summed E-state index contributed by atoms with van der Waals surface area (Å²) in [5.74, 6) is -3.02. The first-order valence-corrected chi connectivity index (χ1v) is 14.8. The lowest BCUT2D eigenvalue weighted by Crippen LogP contribution is -2.41. The third kappa shape index (κ3) is 8.63. The van der Waals surface area contributed by atoms with E-state index in [2.05, 4.69) is 0 Å². The number of aromatic nitrogens is 2. The lowest BCUT2D eigenvalue weighted by atomic mass is 9.87. The normalized spacial score (nSPS) is 15.3. The zero-order valence-electron chi connectivity index (χ0n) is 23.0. The summed E-state index contributed by atoms with van der Waals surface area (Å²) >= 11 is 8.08. The molecule has 2 N–H and O–H groups in total. The van der Waals surface area contributed by atoms with Gasteiger partial charge in [0.25, 0.3) is 11.5 Å². The molecule has 0 bridgehead atoms. The van der Waals surface area contributed by atoms with E-state index in [1.807, 2.05) is 6.92 Å². The van der Waals surface area contributed by atoms with Gasteiger partial charge in [-0.3, -0.25) is 23.7 Å². The van der Waals surface area contributed by atoms with Crippen molar-refractivity contribution in [1.82, 2.24) is 9.13 Å². The van der Waals surface area contributed by atoms with E-state index in [4.69, 9.17) is 21.5 Å². The number of halogens is 5. The first-order chi connectivity index (χ1) is 19.4. The Morgan fingerprint density at radius 3 is 2.19 bits per heavy atom. The second kappa shape index (κ2) is 14.1. The molecular weight excluding hydrogens is 628 g/mol. The number of thioether (sulfide) groups is 2. The van der Waals surface area contributed by atoms with Crippen molar-refractivity contribution in [1.29, 1.82) is 0 Å². The molecule has 16 heteroatoms. The summed E-state index contributed by atoms with van der Waals surface area (Å²) in [5, 5.41) is 15.9. The number of carbonyl (C=O) groups is 3. The average Bonchev–Trinajstić information content (AvgIpc) is 3.65. The topological polar surface area (TPSA) is 136 Å². The van der Waals surface area contributed by atoms with E-state index in [0.717, 1.165) is 62.5 Å². The van der Waals surface area contributed by atoms with Crippen molar-refractivity contribution in [3.8, 4) is 5.69 Å². The van der Waals surface area contributed by atoms with Crippen LogP contribution in [0.25, 0.3) is 5.69 Å². The monoisotopic (exact) mass is 656 g/mol. The molecule has 3 rings (SSSR count). The summed E-state index contributed by atoms with van der Waals surface area (Å²) in [5.41, 5.74) is -5.31. The third-order valence-corrected chi connectivity index (χ3v) is 9.59. The van der Waals surface area contributed by atoms with Crippen LogP contribution in [-0.4, -0.2) is 47.4 Å². The average molecular weight is 657 g/mol. The van der Waals surface area contributed by atoms with Gasteiger partial charge in [-0.05, 0) is 43.7 Å². The lowest BCUT2D eigenvalue weighted by molar-refractivity contribution is -0.145. The van der Waals surface area contributed by atoms with Crippen LogP contribution in [0.3, 0.4) is 0 Å². The van der Waals surface area contributed by atoms with Gasteiger partial charge < -0.3 is 10.2 Å². The fourth-order valence-corrected chi connectivity index (χ4v) is 6.82. The predicted octanol–water partition coefficient (Wildman–Crippen LogP) is 5.46. The maximum Gasteiger partial charge on any atom is 0.431 e. The highest BCUT2D eigenvalue weighted by molar-refractivity contribution is 8.16. The molecule has 0 saturated heterocycles. The Morgan fingerprint density at radius 2 is 1.71 bits per heavy atom. The molecular formula is C26H29ClF4N2O7S2. The quantitative estimate of drug-likeness (QED) is 0.252. The van der Waals surface area contributed by atoms with Crippen LogP contribution < -0.4 is 11.2 Å². The molecule has 0 spiro atoms. The highest BCUT2D eigenvalue weighted by atomic mass is 35.5. The molecule has 0 amide bonds. The van der Waals surface area contributed by atoms with Crippen molar-refractivity contribution in [3.63, 3.8) is 0 Å². The number of benzene rings is 1. The lowest BCUT2D eigenvalue weighted by Gasteiger charge is -2.23. The summed E-state index contributed by atoms with van der Waals surface area (Å²) in [6, 6.07) is 2.05. The van der Waals surface area contributed by atoms with Crippen LogP contribution in [0.4, 0.5) is 17.6 Å². The fourth-order valence-electron chi connectivity index (χ4n) is 4.20. The van der Waals surface area contributed by atoms with E-state index in [1.165, 1.54) is 0 Å². The first-order valence-electron chi connectivity index (χ1n) is 12.5. The van der Waals surface area contributed by atoms with Gasteiger partial charge in [-0.1, -0.05) is 36.7 Å². The van der Waals surface area contributed by atoms with Crippen LogP contribution in [0.1, 0.15) is 52.1 Å². The molecule has 2 atom stereocenters. The standard InChI is InChI=1S/C24H25ClF4N2O5S2.C2H4O2/c1-4-5-13(20(33)34)23(6-7-23)11-37-21(35)12(2)38-17-9-16(15(26)8-14(17)25)31-19(32)10-18(24(27,28)29)30(3)22(31)36;1-2(3)4/h8-10,12-13H,4-7,11H2,1-3H3,(H,33,34);1H3,(H,3,4). The van der Waals surface area contributed by atoms with E-state index in [0.29, 0.717) is 18.6 Å². The van der Waals surface area contributed by atoms with Gasteiger partial charge in [0.2, 0.25) is 5.12 Å². The van der Waals surface area contributed by atoms with E-state index < -0.39 is 63.1 Å². The van der Waals surface area contributed by atoms with Crippen molar-refractivity contribution in [3.05, 3.63) is 55.6 Å². The Kier molecular flexibility index (Phi) is 11.9. The molecule has 42 heavy (non-hydrogen) atoms. The maximum absolute atomic E-state index is 14.8. The Labute approximate surface area is 251 Å². The van der Waals surface area contributed by atoms with Crippen LogP contribution >= 0.6 is 35.1 Å². The number of hydrogen-bond acceptors (Lipinski definition) is 7. The zero-order valence-corrected chi connectivity index (χ0v) is 25.3. The van der Waals surface area contributed by atoms with Crippen LogP contribution in [-0.2, 0) is 27.6 Å². The van der Waals surface area contributed by atoms with E-state index in [-0.39, 0.29) is 30.2 Å². The predicted molar refractivity (Wildman–Crippen MR) is 151 cm³/mol. The van der Waals surface area contributed by atoms with Crippen LogP contribution in [0.15, 0.2) is 32.7 Å². The highest BCUT2D eigenvalue weighted by Crippen LogP contribution is 2.56. The molecule has 1 aromatic carbocycles. The molecule has 1 aliphatic carbocycles. The number of carbonyl (C=O) groups excluding carboxylic acids is 1. The molecule has 0 radical (unpaired) electrons. The molecule has 1 aliphatic rings. The number of alkyl halides is 3. The first kappa shape index (κ1) is 35.4. The summed E-state index contributed by atoms with van der Waals surface area (Å²) in [6.07, 6.45) is -2.31. The van der Waals surface area contributed by atoms with Crippen molar-refractivity contribution in [2.24, 2.45) is 18.4 Å². The third-order valence-electron chi connectivity index (χ3n) is 6.50. The number of aliphatic carboxylic acids is 2. The smallest absolute Gasteiger partial charge is 0.431 e. The number of carboxylic acids is 2. The van der Waals surface area contributed by atoms with Gasteiger partial charge in [-0.2, -0.15) is 13.2 Å². The molecule has 2 aromatic rings. The van der Waals surface area contributed by atoms with Crippen LogP contribution in [0.5, 0.6) is 0 Å². The molecule has 232 valence electrons. The molecule has 1 saturated carbocycles. The summed E-state index contributed by atoms with van der Waals surface area (Å²) < 4.78 is 54.7. The van der Waals surface area contributed by atoms with Gasteiger partial charge in [-0.15, -0.1) is 11.8 Å². The summed E-state index contributed by atoms with van der Waals surface area (Å²) in [7, 11) is 0.810. The molecule has 2 unspecified atom stereocenters. The SMILES string of the molecule is CC(=O)O.CCCC(C(=O)O)C1(CSC(=O)C(C)Sc2cc(-n3c(=O)cc(C(F)(F)F)n(C)c3=O)c(F)cc2Cl)CC1. The zero-order chi connectivity index (χ0) is 32.2. The van der Waals surface area contributed by atoms with Gasteiger partial charge in [0.15, 0.2) is 0 Å². The minimum Gasteiger partial charge on any atom is -0.481 e. The van der Waals surface area contributed by atoms with Crippen molar-refractivity contribution in [2.45, 2.75) is 62.8 Å². The Balaban J connectivity index is 0.00000144. The fraction of sp³-hybridized carbons (Fsp3) is 0.500. The minimum atomic E-state index is -4.97.